The molecule has 8 heteroatoms. The van der Waals surface area contributed by atoms with Crippen molar-refractivity contribution in [1.29, 1.82) is 0 Å². The summed E-state index contributed by atoms with van der Waals surface area (Å²) in [6.07, 6.45) is 1.71. The van der Waals surface area contributed by atoms with Crippen LogP contribution in [0.15, 0.2) is 47.4 Å². The van der Waals surface area contributed by atoms with Crippen LogP contribution < -0.4 is 10.9 Å². The first-order valence-electron chi connectivity index (χ1n) is 7.97. The highest BCUT2D eigenvalue weighted by Crippen LogP contribution is 2.29. The van der Waals surface area contributed by atoms with Gasteiger partial charge in [0, 0.05) is 55.6 Å². The summed E-state index contributed by atoms with van der Waals surface area (Å²) in [5, 5.41) is 7.05. The van der Waals surface area contributed by atoms with E-state index in [1.54, 1.807) is 18.3 Å². The predicted octanol–water partition coefficient (Wildman–Crippen LogP) is 2.24. The maximum absolute atomic E-state index is 12.1. The van der Waals surface area contributed by atoms with Gasteiger partial charge in [-0.2, -0.15) is 0 Å². The van der Waals surface area contributed by atoms with Gasteiger partial charge < -0.3 is 5.32 Å². The first-order valence-corrected chi connectivity index (χ1v) is 8.35. The van der Waals surface area contributed by atoms with Gasteiger partial charge >= 0.3 is 0 Å². The van der Waals surface area contributed by atoms with Crippen LogP contribution in [0.1, 0.15) is 17.3 Å². The van der Waals surface area contributed by atoms with Gasteiger partial charge in [-0.3, -0.25) is 14.8 Å². The summed E-state index contributed by atoms with van der Waals surface area (Å²) in [4.78, 5) is 19.0. The topological polar surface area (TPSA) is 65.4 Å². The van der Waals surface area contributed by atoms with E-state index in [4.69, 9.17) is 11.6 Å². The zero-order chi connectivity index (χ0) is 16.5. The number of H-pyrrole nitrogens is 1. The van der Waals surface area contributed by atoms with Crippen molar-refractivity contribution in [3.8, 4) is 0 Å². The number of halogens is 2. The molecule has 0 radical (unpaired) electrons. The lowest BCUT2D eigenvalue weighted by Gasteiger charge is -2.36. The lowest BCUT2D eigenvalue weighted by atomic mass is 10.0. The number of nitrogens with one attached hydrogen (secondary N) is 2. The number of benzene rings is 1. The second-order valence-electron chi connectivity index (χ2n) is 5.95. The molecular weight excluding hydrogens is 361 g/mol. The minimum Gasteiger partial charge on any atom is -0.314 e. The van der Waals surface area contributed by atoms with Gasteiger partial charge in [-0.05, 0) is 11.6 Å². The SMILES string of the molecule is Cl.O=c1cc(CN2CCNCC2c2ccccc2Cl)nc2cc[nH]n12. The van der Waals surface area contributed by atoms with Crippen molar-refractivity contribution < 1.29 is 0 Å². The van der Waals surface area contributed by atoms with E-state index in [0.29, 0.717) is 12.2 Å². The number of fused-ring (bicyclic) bond motifs is 1. The van der Waals surface area contributed by atoms with Gasteiger partial charge in [0.05, 0.1) is 5.69 Å². The Morgan fingerprint density at radius 1 is 1.28 bits per heavy atom. The Morgan fingerprint density at radius 3 is 2.96 bits per heavy atom. The van der Waals surface area contributed by atoms with Crippen molar-refractivity contribution in [1.82, 2.24) is 24.8 Å². The van der Waals surface area contributed by atoms with Crippen molar-refractivity contribution in [3.63, 3.8) is 0 Å². The Balaban J connectivity index is 0.00000182. The largest absolute Gasteiger partial charge is 0.314 e. The van der Waals surface area contributed by atoms with E-state index < -0.39 is 0 Å². The van der Waals surface area contributed by atoms with Crippen molar-refractivity contribution in [2.45, 2.75) is 12.6 Å². The Bertz CT molecular complexity index is 923. The zero-order valence-corrected chi connectivity index (χ0v) is 15.1. The number of rotatable bonds is 3. The first-order chi connectivity index (χ1) is 11.7. The summed E-state index contributed by atoms with van der Waals surface area (Å²) in [7, 11) is 0. The molecule has 3 aromatic rings. The van der Waals surface area contributed by atoms with E-state index in [2.05, 4.69) is 26.4 Å². The highest BCUT2D eigenvalue weighted by molar-refractivity contribution is 6.31. The van der Waals surface area contributed by atoms with Crippen molar-refractivity contribution in [2.24, 2.45) is 0 Å². The molecule has 1 aliphatic heterocycles. The molecule has 2 aromatic heterocycles. The van der Waals surface area contributed by atoms with E-state index >= 15 is 0 Å². The Hall–Kier alpha value is -1.86. The van der Waals surface area contributed by atoms with Crippen LogP contribution in [0.25, 0.3) is 5.65 Å². The molecule has 132 valence electrons. The third-order valence-corrected chi connectivity index (χ3v) is 4.76. The van der Waals surface area contributed by atoms with Crippen LogP contribution >= 0.6 is 24.0 Å². The van der Waals surface area contributed by atoms with Crippen molar-refractivity contribution in [3.05, 3.63) is 69.2 Å². The molecule has 1 atom stereocenters. The van der Waals surface area contributed by atoms with Crippen LogP contribution in [0.3, 0.4) is 0 Å². The predicted molar refractivity (Wildman–Crippen MR) is 101 cm³/mol. The number of aromatic amines is 1. The van der Waals surface area contributed by atoms with Crippen LogP contribution in [-0.2, 0) is 6.54 Å². The molecule has 0 saturated carbocycles. The normalized spacial score (nSPS) is 18.2. The molecule has 1 aromatic carbocycles. The molecule has 0 amide bonds. The molecule has 4 rings (SSSR count). The number of aromatic nitrogens is 3. The Kier molecular flexibility index (Phi) is 5.44. The maximum atomic E-state index is 12.1. The molecule has 0 spiro atoms. The molecule has 0 aliphatic carbocycles. The minimum absolute atomic E-state index is 0. The summed E-state index contributed by atoms with van der Waals surface area (Å²) in [6, 6.07) is 11.5. The summed E-state index contributed by atoms with van der Waals surface area (Å²) >= 11 is 6.39. The Morgan fingerprint density at radius 2 is 2.12 bits per heavy atom. The minimum atomic E-state index is -0.0931. The molecule has 1 fully saturated rings. The monoisotopic (exact) mass is 379 g/mol. The van der Waals surface area contributed by atoms with E-state index in [1.165, 1.54) is 4.52 Å². The molecule has 25 heavy (non-hydrogen) atoms. The van der Waals surface area contributed by atoms with E-state index in [1.807, 2.05) is 18.2 Å². The van der Waals surface area contributed by atoms with Gasteiger partial charge in [-0.15, -0.1) is 12.4 Å². The highest BCUT2D eigenvalue weighted by Gasteiger charge is 2.25. The number of nitrogens with zero attached hydrogens (tertiary/aromatic N) is 3. The second kappa shape index (κ2) is 7.58. The van der Waals surface area contributed by atoms with Crippen LogP contribution in [0, 0.1) is 0 Å². The lowest BCUT2D eigenvalue weighted by Crippen LogP contribution is -2.45. The van der Waals surface area contributed by atoms with Gasteiger partial charge in [0.1, 0.15) is 0 Å². The summed E-state index contributed by atoms with van der Waals surface area (Å²) in [6.45, 7) is 3.24. The smallest absolute Gasteiger partial charge is 0.272 e. The fourth-order valence-corrected chi connectivity index (χ4v) is 3.52. The number of piperazine rings is 1. The van der Waals surface area contributed by atoms with Crippen molar-refractivity contribution in [2.75, 3.05) is 19.6 Å². The van der Waals surface area contributed by atoms with E-state index in [9.17, 15) is 4.79 Å². The highest BCUT2D eigenvalue weighted by atomic mass is 35.5. The standard InChI is InChI=1S/C17H18ClN5O.ClH/c18-14-4-2-1-3-13(14)15-10-19-7-8-22(15)11-12-9-17(24)23-16(21-12)5-6-20-23;/h1-6,9,15,19-20H,7-8,10-11H2;1H. The molecule has 1 saturated heterocycles. The number of hydrogen-bond acceptors (Lipinski definition) is 4. The average Bonchev–Trinajstić information content (AvgIpc) is 3.05. The Labute approximate surface area is 156 Å². The van der Waals surface area contributed by atoms with Gasteiger partial charge in [0.25, 0.3) is 5.56 Å². The molecule has 3 heterocycles. The average molecular weight is 380 g/mol. The quantitative estimate of drug-likeness (QED) is 0.732. The van der Waals surface area contributed by atoms with Gasteiger partial charge in [-0.1, -0.05) is 29.8 Å². The van der Waals surface area contributed by atoms with E-state index in [0.717, 1.165) is 35.9 Å². The van der Waals surface area contributed by atoms with Gasteiger partial charge in [-0.25, -0.2) is 9.50 Å². The molecule has 1 aliphatic rings. The van der Waals surface area contributed by atoms with Crippen LogP contribution in [0.5, 0.6) is 0 Å². The van der Waals surface area contributed by atoms with Gasteiger partial charge in [0.15, 0.2) is 5.65 Å². The summed E-state index contributed by atoms with van der Waals surface area (Å²) in [5.74, 6) is 0. The maximum Gasteiger partial charge on any atom is 0.272 e. The van der Waals surface area contributed by atoms with Gasteiger partial charge in [0.2, 0.25) is 0 Å². The lowest BCUT2D eigenvalue weighted by molar-refractivity contribution is 0.152. The second-order valence-corrected chi connectivity index (χ2v) is 6.36. The summed E-state index contributed by atoms with van der Waals surface area (Å²) in [5.41, 5.74) is 2.43. The van der Waals surface area contributed by atoms with Crippen LogP contribution in [0.2, 0.25) is 5.02 Å². The molecule has 6 nitrogen and oxygen atoms in total. The third kappa shape index (κ3) is 3.57. The third-order valence-electron chi connectivity index (χ3n) is 4.42. The van der Waals surface area contributed by atoms with Crippen LogP contribution in [-0.4, -0.2) is 39.1 Å². The zero-order valence-electron chi connectivity index (χ0n) is 13.5. The molecule has 2 N–H and O–H groups in total. The fraction of sp³-hybridized carbons (Fsp3) is 0.294. The molecule has 1 unspecified atom stereocenters. The van der Waals surface area contributed by atoms with Crippen molar-refractivity contribution >= 4 is 29.7 Å². The number of hydrogen-bond donors (Lipinski definition) is 2. The first kappa shape index (κ1) is 17.9. The van der Waals surface area contributed by atoms with Crippen LogP contribution in [0.4, 0.5) is 0 Å². The molecule has 0 bridgehead atoms. The molecular formula is C17H19Cl2N5O. The fourth-order valence-electron chi connectivity index (χ4n) is 3.25. The summed E-state index contributed by atoms with van der Waals surface area (Å²) < 4.78 is 1.44. The van der Waals surface area contributed by atoms with E-state index in [-0.39, 0.29) is 24.0 Å².